The first-order valence-corrected chi connectivity index (χ1v) is 5.81. The van der Waals surface area contributed by atoms with Gasteiger partial charge in [-0.2, -0.15) is 13.2 Å². The van der Waals surface area contributed by atoms with Crippen LogP contribution in [0, 0.1) is 12.3 Å². The lowest BCUT2D eigenvalue weighted by Crippen LogP contribution is -2.35. The molecule has 2 nitrogen and oxygen atoms in total. The standard InChI is InChI=1S/C12H20F3NO/c1-3-5-6-7-11(16-8-4-2)9-17-10-12(13,14)15/h1,11,16H,4-10H2,2H3. The van der Waals surface area contributed by atoms with Gasteiger partial charge in [0.25, 0.3) is 0 Å². The van der Waals surface area contributed by atoms with Gasteiger partial charge in [-0.05, 0) is 25.8 Å². The van der Waals surface area contributed by atoms with Gasteiger partial charge in [0.15, 0.2) is 0 Å². The van der Waals surface area contributed by atoms with Crippen molar-refractivity contribution in [3.05, 3.63) is 0 Å². The fourth-order valence-electron chi connectivity index (χ4n) is 1.36. The molecule has 5 heteroatoms. The molecule has 0 bridgehead atoms. The maximum Gasteiger partial charge on any atom is 0.411 e. The van der Waals surface area contributed by atoms with Gasteiger partial charge in [0.2, 0.25) is 0 Å². The minimum Gasteiger partial charge on any atom is -0.370 e. The molecule has 17 heavy (non-hydrogen) atoms. The monoisotopic (exact) mass is 251 g/mol. The second-order valence-electron chi connectivity index (χ2n) is 3.88. The van der Waals surface area contributed by atoms with E-state index in [1.807, 2.05) is 6.92 Å². The third-order valence-corrected chi connectivity index (χ3v) is 2.14. The summed E-state index contributed by atoms with van der Waals surface area (Å²) in [6, 6.07) is -0.0503. The Morgan fingerprint density at radius 1 is 1.41 bits per heavy atom. The number of hydrogen-bond acceptors (Lipinski definition) is 2. The molecular formula is C12H20F3NO. The molecule has 1 unspecified atom stereocenters. The van der Waals surface area contributed by atoms with Crippen molar-refractivity contribution in [1.29, 1.82) is 0 Å². The van der Waals surface area contributed by atoms with E-state index in [0.29, 0.717) is 6.42 Å². The smallest absolute Gasteiger partial charge is 0.370 e. The summed E-state index contributed by atoms with van der Waals surface area (Å²) >= 11 is 0. The van der Waals surface area contributed by atoms with Crippen LogP contribution in [0.4, 0.5) is 13.2 Å². The molecule has 0 fully saturated rings. The van der Waals surface area contributed by atoms with E-state index in [1.165, 1.54) is 0 Å². The van der Waals surface area contributed by atoms with Crippen molar-refractivity contribution in [2.24, 2.45) is 0 Å². The lowest BCUT2D eigenvalue weighted by Gasteiger charge is -2.18. The minimum absolute atomic E-state index is 0.0503. The number of alkyl halides is 3. The predicted octanol–water partition coefficient (Wildman–Crippen LogP) is 2.74. The Balaban J connectivity index is 3.80. The van der Waals surface area contributed by atoms with Crippen LogP contribution in [0.1, 0.15) is 32.6 Å². The number of ether oxygens (including phenoxy) is 1. The average molecular weight is 251 g/mol. The van der Waals surface area contributed by atoms with Gasteiger partial charge in [-0.3, -0.25) is 0 Å². The molecule has 0 aliphatic rings. The number of nitrogens with one attached hydrogen (secondary N) is 1. The van der Waals surface area contributed by atoms with Crippen molar-refractivity contribution in [2.45, 2.75) is 44.8 Å². The zero-order chi connectivity index (χ0) is 13.1. The van der Waals surface area contributed by atoms with Gasteiger partial charge in [0.05, 0.1) is 6.61 Å². The van der Waals surface area contributed by atoms with Crippen LogP contribution in [0.15, 0.2) is 0 Å². The first kappa shape index (κ1) is 16.3. The molecule has 0 saturated carbocycles. The van der Waals surface area contributed by atoms with Gasteiger partial charge in [-0.25, -0.2) is 0 Å². The van der Waals surface area contributed by atoms with Crippen molar-refractivity contribution in [3.63, 3.8) is 0 Å². The van der Waals surface area contributed by atoms with E-state index >= 15 is 0 Å². The summed E-state index contributed by atoms with van der Waals surface area (Å²) in [5.74, 6) is 2.51. The minimum atomic E-state index is -4.26. The lowest BCUT2D eigenvalue weighted by molar-refractivity contribution is -0.175. The fourth-order valence-corrected chi connectivity index (χ4v) is 1.36. The Bertz CT molecular complexity index is 223. The molecule has 0 aliphatic carbocycles. The summed E-state index contributed by atoms with van der Waals surface area (Å²) in [5, 5.41) is 3.15. The van der Waals surface area contributed by atoms with Crippen molar-refractivity contribution in [2.75, 3.05) is 19.8 Å². The molecule has 0 heterocycles. The van der Waals surface area contributed by atoms with Crippen LogP contribution >= 0.6 is 0 Å². The number of rotatable bonds is 9. The summed E-state index contributed by atoms with van der Waals surface area (Å²) in [5.41, 5.74) is 0. The van der Waals surface area contributed by atoms with E-state index in [4.69, 9.17) is 6.42 Å². The van der Waals surface area contributed by atoms with E-state index in [0.717, 1.165) is 25.8 Å². The molecule has 1 atom stereocenters. The van der Waals surface area contributed by atoms with Gasteiger partial charge in [-0.15, -0.1) is 12.3 Å². The van der Waals surface area contributed by atoms with Crippen LogP contribution in [0.5, 0.6) is 0 Å². The first-order chi connectivity index (χ1) is 7.99. The molecule has 100 valence electrons. The van der Waals surface area contributed by atoms with Crippen LogP contribution in [0.2, 0.25) is 0 Å². The maximum absolute atomic E-state index is 11.9. The van der Waals surface area contributed by atoms with Gasteiger partial charge >= 0.3 is 6.18 Å². The third-order valence-electron chi connectivity index (χ3n) is 2.14. The second kappa shape index (κ2) is 9.32. The molecule has 0 aliphatic heterocycles. The highest BCUT2D eigenvalue weighted by atomic mass is 19.4. The fraction of sp³-hybridized carbons (Fsp3) is 0.833. The second-order valence-corrected chi connectivity index (χ2v) is 3.88. The highest BCUT2D eigenvalue weighted by molar-refractivity contribution is 4.83. The molecule has 0 rings (SSSR count). The molecule has 0 amide bonds. The summed E-state index contributed by atoms with van der Waals surface area (Å²) in [7, 11) is 0. The third kappa shape index (κ3) is 11.5. The van der Waals surface area contributed by atoms with Gasteiger partial charge in [-0.1, -0.05) is 6.92 Å². The Morgan fingerprint density at radius 2 is 2.12 bits per heavy atom. The van der Waals surface area contributed by atoms with E-state index in [1.54, 1.807) is 0 Å². The number of unbranched alkanes of at least 4 members (excludes halogenated alkanes) is 1. The number of terminal acetylenes is 1. The van der Waals surface area contributed by atoms with Gasteiger partial charge < -0.3 is 10.1 Å². The quantitative estimate of drug-likeness (QED) is 0.502. The highest BCUT2D eigenvalue weighted by Crippen LogP contribution is 2.14. The Hall–Kier alpha value is -0.730. The van der Waals surface area contributed by atoms with E-state index in [2.05, 4.69) is 16.0 Å². The molecule has 0 aromatic rings. The SMILES string of the molecule is C#CCCCC(COCC(F)(F)F)NCCC. The number of hydrogen-bond donors (Lipinski definition) is 1. The molecule has 0 spiro atoms. The van der Waals surface area contributed by atoms with E-state index < -0.39 is 12.8 Å². The predicted molar refractivity (Wildman–Crippen MR) is 61.6 cm³/mol. The molecular weight excluding hydrogens is 231 g/mol. The maximum atomic E-state index is 11.9. The zero-order valence-corrected chi connectivity index (χ0v) is 10.1. The Morgan fingerprint density at radius 3 is 2.65 bits per heavy atom. The molecule has 0 aromatic heterocycles. The highest BCUT2D eigenvalue weighted by Gasteiger charge is 2.27. The van der Waals surface area contributed by atoms with Crippen LogP contribution < -0.4 is 5.32 Å². The van der Waals surface area contributed by atoms with Crippen molar-refractivity contribution in [1.82, 2.24) is 5.32 Å². The summed E-state index contributed by atoms with van der Waals surface area (Å²) < 4.78 is 40.3. The Kier molecular flexibility index (Phi) is 8.92. The largest absolute Gasteiger partial charge is 0.411 e. The topological polar surface area (TPSA) is 21.3 Å². The van der Waals surface area contributed by atoms with Crippen molar-refractivity contribution in [3.8, 4) is 12.3 Å². The van der Waals surface area contributed by atoms with Crippen LogP contribution in [-0.2, 0) is 4.74 Å². The lowest BCUT2D eigenvalue weighted by atomic mass is 10.1. The van der Waals surface area contributed by atoms with Crippen molar-refractivity contribution < 1.29 is 17.9 Å². The average Bonchev–Trinajstić information content (AvgIpc) is 2.23. The van der Waals surface area contributed by atoms with Gasteiger partial charge in [0.1, 0.15) is 6.61 Å². The summed E-state index contributed by atoms with van der Waals surface area (Å²) in [6.45, 7) is 1.66. The van der Waals surface area contributed by atoms with Crippen LogP contribution in [0.3, 0.4) is 0 Å². The normalized spacial score (nSPS) is 13.4. The molecule has 1 N–H and O–H groups in total. The van der Waals surface area contributed by atoms with Crippen molar-refractivity contribution >= 4 is 0 Å². The van der Waals surface area contributed by atoms with Crippen LogP contribution in [-0.4, -0.2) is 32.0 Å². The van der Waals surface area contributed by atoms with Crippen LogP contribution in [0.25, 0.3) is 0 Å². The van der Waals surface area contributed by atoms with E-state index in [9.17, 15) is 13.2 Å². The Labute approximate surface area is 101 Å². The number of halogens is 3. The molecule has 0 aromatic carbocycles. The van der Waals surface area contributed by atoms with E-state index in [-0.39, 0.29) is 12.6 Å². The zero-order valence-electron chi connectivity index (χ0n) is 10.1. The molecule has 0 radical (unpaired) electrons. The summed E-state index contributed by atoms with van der Waals surface area (Å²) in [4.78, 5) is 0. The summed E-state index contributed by atoms with van der Waals surface area (Å²) in [6.07, 6.45) is 3.98. The van der Waals surface area contributed by atoms with Gasteiger partial charge in [0, 0.05) is 12.5 Å². The first-order valence-electron chi connectivity index (χ1n) is 5.81. The molecule has 0 saturated heterocycles.